The average Bonchev–Trinajstić information content (AvgIpc) is 3.64. The maximum atomic E-state index is 13.3. The Morgan fingerprint density at radius 2 is 2.00 bits per heavy atom. The van der Waals surface area contributed by atoms with Crippen molar-refractivity contribution >= 4 is 12.0 Å². The lowest BCUT2D eigenvalue weighted by molar-refractivity contribution is -0.135. The minimum atomic E-state index is -0.104. The van der Waals surface area contributed by atoms with Crippen molar-refractivity contribution in [2.24, 2.45) is 11.8 Å². The van der Waals surface area contributed by atoms with Crippen molar-refractivity contribution < 1.29 is 14.6 Å². The summed E-state index contributed by atoms with van der Waals surface area (Å²) in [6.45, 7) is 2.29. The smallest absolute Gasteiger partial charge is 0.246 e. The van der Waals surface area contributed by atoms with E-state index in [4.69, 9.17) is 4.74 Å². The van der Waals surface area contributed by atoms with Gasteiger partial charge in [-0.25, -0.2) is 0 Å². The lowest BCUT2D eigenvalue weighted by Crippen LogP contribution is -2.69. The molecule has 1 N–H and O–H groups in total. The van der Waals surface area contributed by atoms with Gasteiger partial charge in [0.05, 0.1) is 6.04 Å². The number of nitrogens with zero attached hydrogens (tertiary/aromatic N) is 2. The first-order valence-electron chi connectivity index (χ1n) is 13.3. The van der Waals surface area contributed by atoms with Gasteiger partial charge < -0.3 is 14.7 Å². The van der Waals surface area contributed by atoms with Gasteiger partial charge in [-0.15, -0.1) is 0 Å². The van der Waals surface area contributed by atoms with Crippen LogP contribution in [0.1, 0.15) is 48.8 Å². The quantitative estimate of drug-likeness (QED) is 0.659. The Bertz CT molecular complexity index is 1190. The third kappa shape index (κ3) is 3.20. The van der Waals surface area contributed by atoms with Crippen LogP contribution in [-0.4, -0.2) is 59.1 Å². The zero-order chi connectivity index (χ0) is 23.7. The van der Waals surface area contributed by atoms with Crippen LogP contribution in [0, 0.1) is 11.8 Å². The molecule has 2 aromatic carbocycles. The first-order chi connectivity index (χ1) is 17.1. The van der Waals surface area contributed by atoms with Crippen molar-refractivity contribution in [1.29, 1.82) is 0 Å². The minimum Gasteiger partial charge on any atom is -0.508 e. The van der Waals surface area contributed by atoms with E-state index in [1.807, 2.05) is 60.5 Å². The summed E-state index contributed by atoms with van der Waals surface area (Å²) in [6, 6.07) is 14.2. The van der Waals surface area contributed by atoms with Crippen molar-refractivity contribution in [3.8, 4) is 11.5 Å². The topological polar surface area (TPSA) is 53.0 Å². The number of carbonyl (C=O) groups is 1. The fraction of sp³-hybridized carbons (Fsp3) is 0.500. The van der Waals surface area contributed by atoms with Crippen LogP contribution in [0.4, 0.5) is 0 Å². The molecule has 7 rings (SSSR count). The summed E-state index contributed by atoms with van der Waals surface area (Å²) in [4.78, 5) is 17.9. The minimum absolute atomic E-state index is 0.0230. The number of phenols is 1. The number of likely N-dealkylation sites (tertiary alicyclic amines) is 1. The number of ether oxygens (including phenoxy) is 1. The lowest BCUT2D eigenvalue weighted by Gasteiger charge is -2.60. The predicted octanol–water partition coefficient (Wildman–Crippen LogP) is 4.38. The van der Waals surface area contributed by atoms with Gasteiger partial charge in [-0.1, -0.05) is 30.3 Å². The number of likely N-dealkylation sites (N-methyl/N-ethyl adjacent to an activating group) is 1. The molecular formula is C30H34N2O3. The van der Waals surface area contributed by atoms with Crippen LogP contribution in [0.15, 0.2) is 48.5 Å². The molecule has 182 valence electrons. The molecule has 1 spiro atoms. The first kappa shape index (κ1) is 21.5. The fourth-order valence-corrected chi connectivity index (χ4v) is 7.88. The SMILES string of the molecule is CN(C(=O)C=Cc1ccccc1)[C@@H]1CC[C@H]2[C@H]3Cc4c(O)ccc5c4[C@@]2(CCN3CC2CC2)[C@H]1O5. The Balaban J connectivity index is 1.23. The van der Waals surface area contributed by atoms with E-state index in [1.54, 1.807) is 6.08 Å². The van der Waals surface area contributed by atoms with Crippen molar-refractivity contribution in [2.45, 2.75) is 62.1 Å². The van der Waals surface area contributed by atoms with E-state index in [2.05, 4.69) is 4.90 Å². The Morgan fingerprint density at radius 3 is 2.80 bits per heavy atom. The van der Waals surface area contributed by atoms with Gasteiger partial charge in [0, 0.05) is 42.3 Å². The molecule has 2 bridgehead atoms. The molecule has 5 nitrogen and oxygen atoms in total. The summed E-state index contributed by atoms with van der Waals surface area (Å²) < 4.78 is 6.76. The van der Waals surface area contributed by atoms with Crippen LogP contribution in [0.3, 0.4) is 0 Å². The largest absolute Gasteiger partial charge is 0.508 e. The van der Waals surface area contributed by atoms with E-state index >= 15 is 0 Å². The van der Waals surface area contributed by atoms with Crippen LogP contribution in [0.2, 0.25) is 0 Å². The second kappa shape index (κ2) is 7.86. The summed E-state index contributed by atoms with van der Waals surface area (Å²) in [5.74, 6) is 2.76. The van der Waals surface area contributed by atoms with E-state index in [1.165, 1.54) is 24.9 Å². The Labute approximate surface area is 207 Å². The van der Waals surface area contributed by atoms with E-state index in [0.717, 1.165) is 55.0 Å². The van der Waals surface area contributed by atoms with Crippen molar-refractivity contribution in [3.63, 3.8) is 0 Å². The number of phenolic OH excluding ortho intramolecular Hbond substituents is 1. The molecule has 2 heterocycles. The molecule has 1 saturated heterocycles. The van der Waals surface area contributed by atoms with E-state index in [0.29, 0.717) is 17.7 Å². The fourth-order valence-electron chi connectivity index (χ4n) is 7.88. The summed E-state index contributed by atoms with van der Waals surface area (Å²) >= 11 is 0. The molecule has 2 aliphatic heterocycles. The van der Waals surface area contributed by atoms with Gasteiger partial charge in [0.2, 0.25) is 5.91 Å². The normalized spacial score (nSPS) is 32.8. The molecule has 0 unspecified atom stereocenters. The highest BCUT2D eigenvalue weighted by molar-refractivity contribution is 5.92. The molecule has 5 atom stereocenters. The summed E-state index contributed by atoms with van der Waals surface area (Å²) in [5.41, 5.74) is 3.29. The third-order valence-electron chi connectivity index (χ3n) is 9.67. The summed E-state index contributed by atoms with van der Waals surface area (Å²) in [6.07, 6.45) is 10.3. The molecule has 0 aromatic heterocycles. The van der Waals surface area contributed by atoms with Gasteiger partial charge >= 0.3 is 0 Å². The zero-order valence-electron chi connectivity index (χ0n) is 20.4. The van der Waals surface area contributed by atoms with Crippen molar-refractivity contribution in [3.05, 3.63) is 65.2 Å². The van der Waals surface area contributed by atoms with E-state index < -0.39 is 0 Å². The number of rotatable bonds is 5. The zero-order valence-corrected chi connectivity index (χ0v) is 20.4. The maximum Gasteiger partial charge on any atom is 0.246 e. The molecule has 5 aliphatic rings. The Hall–Kier alpha value is -2.79. The second-order valence-electron chi connectivity index (χ2n) is 11.4. The molecule has 35 heavy (non-hydrogen) atoms. The van der Waals surface area contributed by atoms with Gasteiger partial charge in [-0.3, -0.25) is 9.69 Å². The highest BCUT2D eigenvalue weighted by Crippen LogP contribution is 2.63. The van der Waals surface area contributed by atoms with Crippen LogP contribution in [-0.2, 0) is 16.6 Å². The monoisotopic (exact) mass is 470 g/mol. The number of aromatic hydroxyl groups is 1. The van der Waals surface area contributed by atoms with Gasteiger partial charge in [0.25, 0.3) is 0 Å². The average molecular weight is 471 g/mol. The van der Waals surface area contributed by atoms with E-state index in [9.17, 15) is 9.90 Å². The molecule has 2 aromatic rings. The van der Waals surface area contributed by atoms with Crippen LogP contribution in [0.5, 0.6) is 11.5 Å². The van der Waals surface area contributed by atoms with Crippen LogP contribution in [0.25, 0.3) is 6.08 Å². The number of hydrogen-bond donors (Lipinski definition) is 1. The molecule has 1 amide bonds. The summed E-state index contributed by atoms with van der Waals surface area (Å²) in [5, 5.41) is 10.9. The molecule has 3 aliphatic carbocycles. The first-order valence-corrected chi connectivity index (χ1v) is 13.3. The number of carbonyl (C=O) groups excluding carboxylic acids is 1. The number of benzene rings is 2. The number of piperidine rings is 1. The van der Waals surface area contributed by atoms with Gasteiger partial charge in [-0.2, -0.15) is 0 Å². The number of amides is 1. The highest BCUT2D eigenvalue weighted by Gasteiger charge is 2.66. The molecular weight excluding hydrogens is 436 g/mol. The third-order valence-corrected chi connectivity index (χ3v) is 9.67. The lowest BCUT2D eigenvalue weighted by atomic mass is 9.51. The molecule has 3 fully saturated rings. The van der Waals surface area contributed by atoms with Gasteiger partial charge in [0.1, 0.15) is 17.6 Å². The van der Waals surface area contributed by atoms with Crippen LogP contribution >= 0.6 is 0 Å². The highest BCUT2D eigenvalue weighted by atomic mass is 16.5. The van der Waals surface area contributed by atoms with Gasteiger partial charge in [0.15, 0.2) is 0 Å². The maximum absolute atomic E-state index is 13.3. The molecule has 2 saturated carbocycles. The molecule has 5 heteroatoms. The van der Waals surface area contributed by atoms with Gasteiger partial charge in [-0.05, 0) is 80.7 Å². The van der Waals surface area contributed by atoms with E-state index in [-0.39, 0.29) is 23.5 Å². The second-order valence-corrected chi connectivity index (χ2v) is 11.4. The summed E-state index contributed by atoms with van der Waals surface area (Å²) in [7, 11) is 1.94. The predicted molar refractivity (Wildman–Crippen MR) is 135 cm³/mol. The molecule has 0 radical (unpaired) electrons. The number of hydrogen-bond acceptors (Lipinski definition) is 4. The Kier molecular flexibility index (Phi) is 4.82. The Morgan fingerprint density at radius 1 is 1.17 bits per heavy atom. The van der Waals surface area contributed by atoms with Crippen LogP contribution < -0.4 is 4.74 Å². The van der Waals surface area contributed by atoms with Crippen molar-refractivity contribution in [2.75, 3.05) is 20.1 Å². The standard InChI is InChI=1S/C30H34N2O3/c1-31(27(34)14-9-19-5-3-2-4-6-19)23-11-10-22-24-17-21-25(33)12-13-26-28(21)30(22,29(23)35-26)15-16-32(24)18-20-7-8-20/h2-6,9,12-14,20,22-24,29,33H,7-8,10-11,15-18H2,1H3/t22-,23+,24+,29-,30-/m0/s1. The van der Waals surface area contributed by atoms with Crippen molar-refractivity contribution in [1.82, 2.24) is 9.80 Å².